The predicted octanol–water partition coefficient (Wildman–Crippen LogP) is 4.45. The van der Waals surface area contributed by atoms with Crippen molar-refractivity contribution in [2.75, 3.05) is 18.5 Å². The Hall–Kier alpha value is -3.94. The van der Waals surface area contributed by atoms with Crippen LogP contribution in [0, 0.1) is 20.8 Å². The van der Waals surface area contributed by atoms with Crippen LogP contribution in [0.25, 0.3) is 0 Å². The first-order valence-corrected chi connectivity index (χ1v) is 11.8. The maximum atomic E-state index is 12.9. The quantitative estimate of drug-likeness (QED) is 0.285. The molecule has 0 fully saturated rings. The molecule has 0 saturated heterocycles. The molecule has 8 heteroatoms. The number of nitrogens with one attached hydrogen (secondary N) is 2. The third-order valence-corrected chi connectivity index (χ3v) is 5.63. The van der Waals surface area contributed by atoms with Gasteiger partial charge in [-0.1, -0.05) is 17.7 Å². The van der Waals surface area contributed by atoms with Crippen LogP contribution in [-0.4, -0.2) is 40.8 Å². The van der Waals surface area contributed by atoms with Gasteiger partial charge in [0.1, 0.15) is 0 Å². The Morgan fingerprint density at radius 1 is 1.03 bits per heavy atom. The van der Waals surface area contributed by atoms with Crippen molar-refractivity contribution in [1.29, 1.82) is 0 Å². The van der Waals surface area contributed by atoms with Crippen LogP contribution >= 0.6 is 0 Å². The number of carbonyl (C=O) groups excluding carboxylic acids is 2. The van der Waals surface area contributed by atoms with E-state index >= 15 is 0 Å². The molecule has 35 heavy (non-hydrogen) atoms. The number of hydrogen-bond donors (Lipinski definition) is 2. The number of aliphatic imine (C=N–C) groups is 1. The molecule has 0 unspecified atom stereocenters. The van der Waals surface area contributed by atoms with Crippen LogP contribution in [0.4, 0.5) is 5.69 Å². The fourth-order valence-corrected chi connectivity index (χ4v) is 3.80. The Bertz CT molecular complexity index is 1210. The number of benzene rings is 2. The van der Waals surface area contributed by atoms with E-state index in [2.05, 4.69) is 34.6 Å². The number of aryl methyl sites for hydroxylation is 3. The van der Waals surface area contributed by atoms with E-state index in [-0.39, 0.29) is 11.9 Å². The molecular formula is C27H33N5O3. The van der Waals surface area contributed by atoms with Gasteiger partial charge in [0.15, 0.2) is 0 Å². The summed E-state index contributed by atoms with van der Waals surface area (Å²) in [7, 11) is 0. The van der Waals surface area contributed by atoms with E-state index in [1.165, 1.54) is 5.56 Å². The average molecular weight is 476 g/mol. The summed E-state index contributed by atoms with van der Waals surface area (Å²) in [6, 6.07) is 14.2. The van der Waals surface area contributed by atoms with Gasteiger partial charge in [0.25, 0.3) is 5.91 Å². The van der Waals surface area contributed by atoms with E-state index in [0.717, 1.165) is 23.5 Å². The number of nitrogens with zero attached hydrogens (tertiary/aromatic N) is 3. The Balaban J connectivity index is 1.79. The van der Waals surface area contributed by atoms with E-state index in [4.69, 9.17) is 4.74 Å². The number of aromatic nitrogens is 2. The molecule has 0 saturated carbocycles. The third-order valence-electron chi connectivity index (χ3n) is 5.63. The number of carbonyl (C=O) groups is 2. The number of amides is 1. The van der Waals surface area contributed by atoms with Crippen LogP contribution in [0.5, 0.6) is 0 Å². The molecule has 2 N–H and O–H groups in total. The predicted molar refractivity (Wildman–Crippen MR) is 138 cm³/mol. The zero-order valence-corrected chi connectivity index (χ0v) is 21.0. The van der Waals surface area contributed by atoms with E-state index in [9.17, 15) is 9.59 Å². The van der Waals surface area contributed by atoms with Gasteiger partial charge in [0.05, 0.1) is 17.9 Å². The van der Waals surface area contributed by atoms with E-state index < -0.39 is 0 Å². The summed E-state index contributed by atoms with van der Waals surface area (Å²) in [5, 5.41) is 10.6. The average Bonchev–Trinajstić information content (AvgIpc) is 3.12. The SMILES string of the molecule is CCOC(=O)c1ccc(NC(=NCCc2c(C)nn(CC)c2C)NC(=O)c2cccc(C)c2)cc1. The molecule has 0 spiro atoms. The normalized spacial score (nSPS) is 11.3. The monoisotopic (exact) mass is 475 g/mol. The Morgan fingerprint density at radius 3 is 2.40 bits per heavy atom. The van der Waals surface area contributed by atoms with E-state index in [0.29, 0.717) is 42.3 Å². The van der Waals surface area contributed by atoms with Crippen molar-refractivity contribution in [3.63, 3.8) is 0 Å². The van der Waals surface area contributed by atoms with Crippen LogP contribution in [0.3, 0.4) is 0 Å². The molecule has 3 aromatic rings. The first kappa shape index (κ1) is 25.7. The van der Waals surface area contributed by atoms with Gasteiger partial charge in [0, 0.05) is 30.0 Å². The second-order valence-electron chi connectivity index (χ2n) is 8.19. The second-order valence-corrected chi connectivity index (χ2v) is 8.19. The Labute approximate surface area is 206 Å². The summed E-state index contributed by atoms with van der Waals surface area (Å²) in [6.07, 6.45) is 0.699. The van der Waals surface area contributed by atoms with E-state index in [1.54, 1.807) is 37.3 Å². The number of hydrogen-bond acceptors (Lipinski definition) is 5. The molecule has 0 aliphatic heterocycles. The van der Waals surface area contributed by atoms with Crippen molar-refractivity contribution in [1.82, 2.24) is 15.1 Å². The molecule has 0 atom stereocenters. The van der Waals surface area contributed by atoms with Crippen LogP contribution in [-0.2, 0) is 17.7 Å². The molecule has 2 aromatic carbocycles. The number of anilines is 1. The number of guanidine groups is 1. The zero-order chi connectivity index (χ0) is 25.4. The highest BCUT2D eigenvalue weighted by molar-refractivity contribution is 6.10. The van der Waals surface area contributed by atoms with Gasteiger partial charge in [-0.15, -0.1) is 0 Å². The summed E-state index contributed by atoms with van der Waals surface area (Å²) in [5.41, 5.74) is 5.98. The van der Waals surface area contributed by atoms with Crippen molar-refractivity contribution < 1.29 is 14.3 Å². The molecule has 184 valence electrons. The van der Waals surface area contributed by atoms with Crippen molar-refractivity contribution in [3.05, 3.63) is 82.2 Å². The maximum Gasteiger partial charge on any atom is 0.338 e. The second kappa shape index (κ2) is 12.0. The minimum absolute atomic E-state index is 0.255. The first-order chi connectivity index (χ1) is 16.8. The fourth-order valence-electron chi connectivity index (χ4n) is 3.80. The molecule has 3 rings (SSSR count). The fraction of sp³-hybridized carbons (Fsp3) is 0.333. The topological polar surface area (TPSA) is 97.6 Å². The highest BCUT2D eigenvalue weighted by Gasteiger charge is 2.13. The molecule has 0 radical (unpaired) electrons. The van der Waals surface area contributed by atoms with Gasteiger partial charge in [-0.05, 0) is 83.0 Å². The highest BCUT2D eigenvalue weighted by atomic mass is 16.5. The van der Waals surface area contributed by atoms with Crippen molar-refractivity contribution >= 4 is 23.5 Å². The number of esters is 1. The summed E-state index contributed by atoms with van der Waals surface area (Å²) in [4.78, 5) is 29.5. The lowest BCUT2D eigenvalue weighted by Crippen LogP contribution is -2.36. The van der Waals surface area contributed by atoms with Crippen LogP contribution in [0.2, 0.25) is 0 Å². The first-order valence-electron chi connectivity index (χ1n) is 11.8. The van der Waals surface area contributed by atoms with Gasteiger partial charge in [0.2, 0.25) is 5.96 Å². The third kappa shape index (κ3) is 6.79. The number of rotatable bonds is 8. The van der Waals surface area contributed by atoms with Crippen LogP contribution < -0.4 is 10.6 Å². The van der Waals surface area contributed by atoms with Gasteiger partial charge < -0.3 is 10.1 Å². The molecule has 0 bridgehead atoms. The lowest BCUT2D eigenvalue weighted by Gasteiger charge is -2.13. The number of ether oxygens (including phenoxy) is 1. The van der Waals surface area contributed by atoms with Crippen LogP contribution in [0.15, 0.2) is 53.5 Å². The van der Waals surface area contributed by atoms with Gasteiger partial charge in [-0.2, -0.15) is 5.10 Å². The lowest BCUT2D eigenvalue weighted by atomic mass is 10.1. The minimum atomic E-state index is -0.376. The zero-order valence-electron chi connectivity index (χ0n) is 21.0. The lowest BCUT2D eigenvalue weighted by molar-refractivity contribution is 0.0526. The summed E-state index contributed by atoms with van der Waals surface area (Å²) in [5.74, 6) is -0.299. The molecule has 0 aliphatic carbocycles. The van der Waals surface area contributed by atoms with Crippen molar-refractivity contribution in [2.24, 2.45) is 4.99 Å². The minimum Gasteiger partial charge on any atom is -0.462 e. The van der Waals surface area contributed by atoms with Gasteiger partial charge >= 0.3 is 5.97 Å². The summed E-state index contributed by atoms with van der Waals surface area (Å²) < 4.78 is 7.02. The van der Waals surface area contributed by atoms with Crippen molar-refractivity contribution in [2.45, 2.75) is 47.6 Å². The summed E-state index contributed by atoms with van der Waals surface area (Å²) in [6.45, 7) is 11.4. The smallest absolute Gasteiger partial charge is 0.338 e. The molecule has 1 aromatic heterocycles. The van der Waals surface area contributed by atoms with Gasteiger partial charge in [-0.25, -0.2) is 4.79 Å². The molecule has 1 amide bonds. The van der Waals surface area contributed by atoms with Gasteiger partial charge in [-0.3, -0.25) is 19.8 Å². The van der Waals surface area contributed by atoms with E-state index in [1.807, 2.05) is 36.7 Å². The Kier molecular flexibility index (Phi) is 8.78. The highest BCUT2D eigenvalue weighted by Crippen LogP contribution is 2.14. The largest absolute Gasteiger partial charge is 0.462 e. The molecular weight excluding hydrogens is 442 g/mol. The molecule has 1 heterocycles. The summed E-state index contributed by atoms with van der Waals surface area (Å²) >= 11 is 0. The molecule has 0 aliphatic rings. The standard InChI is InChI=1S/C27H33N5O3/c1-6-32-20(5)24(19(4)31-32)15-16-28-27(30-25(33)22-10-8-9-18(3)17-22)29-23-13-11-21(12-14-23)26(34)35-7-2/h8-14,17H,6-7,15-16H2,1-5H3,(H2,28,29,30,33). The van der Waals surface area contributed by atoms with Crippen LogP contribution in [0.1, 0.15) is 57.1 Å². The molecule has 8 nitrogen and oxygen atoms in total. The Morgan fingerprint density at radius 2 is 1.77 bits per heavy atom. The maximum absolute atomic E-state index is 12.9. The van der Waals surface area contributed by atoms with Crippen molar-refractivity contribution in [3.8, 4) is 0 Å².